The molecule has 1 aromatic heterocycles. The Bertz CT molecular complexity index is 576. The van der Waals surface area contributed by atoms with Crippen LogP contribution < -0.4 is 0 Å². The zero-order valence-electron chi connectivity index (χ0n) is 13.8. The maximum Gasteiger partial charge on any atom is 0.0946 e. The number of thioether (sulfide) groups is 1. The van der Waals surface area contributed by atoms with E-state index in [2.05, 4.69) is 36.2 Å². The molecule has 0 saturated heterocycles. The zero-order chi connectivity index (χ0) is 16.1. The summed E-state index contributed by atoms with van der Waals surface area (Å²) >= 11 is 2.02. The minimum atomic E-state index is -0.402. The highest BCUT2D eigenvalue weighted by molar-refractivity contribution is 8.00. The second kappa shape index (κ2) is 8.02. The number of aliphatic hydroxyl groups excluding tert-OH is 1. The van der Waals surface area contributed by atoms with E-state index in [1.165, 1.54) is 42.6 Å². The topological polar surface area (TPSA) is 38.0 Å². The first kappa shape index (κ1) is 16.6. The summed E-state index contributed by atoms with van der Waals surface area (Å²) in [6, 6.07) is 8.78. The normalized spacial score (nSPS) is 18.7. The molecule has 0 aliphatic heterocycles. The summed E-state index contributed by atoms with van der Waals surface area (Å²) < 4.78 is 1.93. The summed E-state index contributed by atoms with van der Waals surface area (Å²) in [6.07, 6.45) is 11.9. The minimum absolute atomic E-state index is 0.117. The highest BCUT2D eigenvalue weighted by atomic mass is 32.2. The lowest BCUT2D eigenvalue weighted by Gasteiger charge is -2.22. The molecule has 4 heteroatoms. The number of hydrogen-bond acceptors (Lipinski definition) is 3. The summed E-state index contributed by atoms with van der Waals surface area (Å²) in [5.41, 5.74) is 1.20. The van der Waals surface area contributed by atoms with Gasteiger partial charge in [-0.2, -0.15) is 0 Å². The standard InChI is InChI=1S/C19H26N2OS/c1-15(19(22)13-21-12-11-20-14-21)16-7-9-18(10-8-16)23-17-5-3-2-4-6-17/h7-12,14-15,17,19,22H,2-6,13H2,1H3. The van der Waals surface area contributed by atoms with Gasteiger partial charge in [-0.25, -0.2) is 4.98 Å². The number of nitrogens with zero attached hydrogens (tertiary/aromatic N) is 2. The molecule has 0 amide bonds. The first-order chi connectivity index (χ1) is 11.2. The van der Waals surface area contributed by atoms with Crippen molar-refractivity contribution < 1.29 is 5.11 Å². The average molecular weight is 330 g/mol. The summed E-state index contributed by atoms with van der Waals surface area (Å²) in [5.74, 6) is 0.117. The van der Waals surface area contributed by atoms with E-state index in [1.807, 2.05) is 22.5 Å². The van der Waals surface area contributed by atoms with Crippen molar-refractivity contribution in [1.29, 1.82) is 0 Å². The smallest absolute Gasteiger partial charge is 0.0946 e. The van der Waals surface area contributed by atoms with Crippen molar-refractivity contribution in [2.45, 2.75) is 67.7 Å². The molecule has 2 aromatic rings. The number of aliphatic hydroxyl groups is 1. The second-order valence-corrected chi connectivity index (χ2v) is 7.94. The molecular weight excluding hydrogens is 304 g/mol. The van der Waals surface area contributed by atoms with Crippen molar-refractivity contribution in [3.05, 3.63) is 48.5 Å². The van der Waals surface area contributed by atoms with Gasteiger partial charge in [-0.3, -0.25) is 0 Å². The van der Waals surface area contributed by atoms with E-state index < -0.39 is 6.10 Å². The largest absolute Gasteiger partial charge is 0.391 e. The number of hydrogen-bond donors (Lipinski definition) is 1. The highest BCUT2D eigenvalue weighted by Crippen LogP contribution is 2.34. The average Bonchev–Trinajstić information content (AvgIpc) is 3.09. The quantitative estimate of drug-likeness (QED) is 0.849. The lowest BCUT2D eigenvalue weighted by Crippen LogP contribution is -2.21. The Balaban J connectivity index is 1.57. The molecule has 1 heterocycles. The monoisotopic (exact) mass is 330 g/mol. The van der Waals surface area contributed by atoms with Crippen molar-refractivity contribution in [3.8, 4) is 0 Å². The molecule has 1 N–H and O–H groups in total. The summed E-state index contributed by atoms with van der Waals surface area (Å²) in [4.78, 5) is 5.38. The van der Waals surface area contributed by atoms with Crippen LogP contribution in [0, 0.1) is 0 Å². The van der Waals surface area contributed by atoms with Crippen LogP contribution in [0.2, 0.25) is 0 Å². The molecule has 3 nitrogen and oxygen atoms in total. The summed E-state index contributed by atoms with van der Waals surface area (Å²) in [7, 11) is 0. The first-order valence-electron chi connectivity index (χ1n) is 8.63. The zero-order valence-corrected chi connectivity index (χ0v) is 14.6. The fourth-order valence-electron chi connectivity index (χ4n) is 3.22. The molecular formula is C19H26N2OS. The van der Waals surface area contributed by atoms with E-state index in [-0.39, 0.29) is 5.92 Å². The van der Waals surface area contributed by atoms with Gasteiger partial charge in [0.1, 0.15) is 0 Å². The van der Waals surface area contributed by atoms with Gasteiger partial charge >= 0.3 is 0 Å². The lowest BCUT2D eigenvalue weighted by atomic mass is 9.95. The Kier molecular flexibility index (Phi) is 5.79. The molecule has 0 bridgehead atoms. The van der Waals surface area contributed by atoms with Crippen molar-refractivity contribution in [3.63, 3.8) is 0 Å². The third-order valence-electron chi connectivity index (χ3n) is 4.80. The second-order valence-electron chi connectivity index (χ2n) is 6.56. The van der Waals surface area contributed by atoms with Crippen LogP contribution in [-0.2, 0) is 6.54 Å². The van der Waals surface area contributed by atoms with E-state index in [4.69, 9.17) is 0 Å². The lowest BCUT2D eigenvalue weighted by molar-refractivity contribution is 0.129. The first-order valence-corrected chi connectivity index (χ1v) is 9.51. The molecule has 1 aromatic carbocycles. The van der Waals surface area contributed by atoms with Gasteiger partial charge in [-0.1, -0.05) is 38.3 Å². The Morgan fingerprint density at radius 1 is 1.22 bits per heavy atom. The maximum atomic E-state index is 10.4. The summed E-state index contributed by atoms with van der Waals surface area (Å²) in [5, 5.41) is 11.2. The molecule has 2 atom stereocenters. The fraction of sp³-hybridized carbons (Fsp3) is 0.526. The van der Waals surface area contributed by atoms with Crippen LogP contribution >= 0.6 is 11.8 Å². The van der Waals surface area contributed by atoms with Crippen LogP contribution in [0.4, 0.5) is 0 Å². The van der Waals surface area contributed by atoms with Crippen molar-refractivity contribution in [2.24, 2.45) is 0 Å². The van der Waals surface area contributed by atoms with E-state index in [0.29, 0.717) is 6.54 Å². The molecule has 1 saturated carbocycles. The van der Waals surface area contributed by atoms with E-state index in [1.54, 1.807) is 12.5 Å². The van der Waals surface area contributed by atoms with Gasteiger partial charge in [0, 0.05) is 28.5 Å². The number of benzene rings is 1. The molecule has 2 unspecified atom stereocenters. The van der Waals surface area contributed by atoms with Gasteiger partial charge in [-0.15, -0.1) is 11.8 Å². The van der Waals surface area contributed by atoms with Gasteiger partial charge in [0.2, 0.25) is 0 Å². The Hall–Kier alpha value is -1.26. The predicted octanol–water partition coefficient (Wildman–Crippen LogP) is 4.47. The Labute approximate surface area is 143 Å². The van der Waals surface area contributed by atoms with Crippen molar-refractivity contribution in [2.75, 3.05) is 0 Å². The van der Waals surface area contributed by atoms with Crippen LogP contribution in [-0.4, -0.2) is 26.0 Å². The molecule has 23 heavy (non-hydrogen) atoms. The van der Waals surface area contributed by atoms with Crippen LogP contribution in [0.25, 0.3) is 0 Å². The van der Waals surface area contributed by atoms with Crippen LogP contribution in [0.15, 0.2) is 47.9 Å². The van der Waals surface area contributed by atoms with Gasteiger partial charge in [0.25, 0.3) is 0 Å². The van der Waals surface area contributed by atoms with Crippen molar-refractivity contribution in [1.82, 2.24) is 9.55 Å². The fourth-order valence-corrected chi connectivity index (χ4v) is 4.46. The maximum absolute atomic E-state index is 10.4. The molecule has 0 radical (unpaired) electrons. The third-order valence-corrected chi connectivity index (χ3v) is 6.14. The molecule has 1 fully saturated rings. The molecule has 3 rings (SSSR count). The number of aromatic nitrogens is 2. The number of rotatable bonds is 6. The van der Waals surface area contributed by atoms with Gasteiger partial charge in [-0.05, 0) is 30.5 Å². The van der Waals surface area contributed by atoms with Crippen molar-refractivity contribution >= 4 is 11.8 Å². The van der Waals surface area contributed by atoms with E-state index >= 15 is 0 Å². The SMILES string of the molecule is CC(c1ccc(SC2CCCCC2)cc1)C(O)Cn1ccnc1. The van der Waals surface area contributed by atoms with Gasteiger partial charge in [0.05, 0.1) is 19.0 Å². The van der Waals surface area contributed by atoms with Gasteiger partial charge in [0.15, 0.2) is 0 Å². The van der Waals surface area contributed by atoms with E-state index in [9.17, 15) is 5.11 Å². The third kappa shape index (κ3) is 4.61. The molecule has 1 aliphatic rings. The van der Waals surface area contributed by atoms with Crippen LogP contribution in [0.5, 0.6) is 0 Å². The minimum Gasteiger partial charge on any atom is -0.391 e. The molecule has 0 spiro atoms. The highest BCUT2D eigenvalue weighted by Gasteiger charge is 2.18. The van der Waals surface area contributed by atoms with Crippen LogP contribution in [0.3, 0.4) is 0 Å². The Morgan fingerprint density at radius 3 is 2.61 bits per heavy atom. The number of imidazole rings is 1. The van der Waals surface area contributed by atoms with Gasteiger partial charge < -0.3 is 9.67 Å². The van der Waals surface area contributed by atoms with Crippen LogP contribution in [0.1, 0.15) is 50.5 Å². The molecule has 1 aliphatic carbocycles. The molecule has 124 valence electrons. The summed E-state index contributed by atoms with van der Waals surface area (Å²) in [6.45, 7) is 2.67. The van der Waals surface area contributed by atoms with E-state index in [0.717, 1.165) is 5.25 Å². The Morgan fingerprint density at radius 2 is 1.96 bits per heavy atom. The predicted molar refractivity (Wildman–Crippen MR) is 95.8 cm³/mol.